The molecule has 1 saturated heterocycles. The number of non-ortho nitro benzene ring substituents is 1. The molecule has 1 aromatic heterocycles. The molecule has 0 spiro atoms. The largest absolute Gasteiger partial charge is 0.371 e. The van der Waals surface area contributed by atoms with Gasteiger partial charge in [0, 0.05) is 43.4 Å². The van der Waals surface area contributed by atoms with Crippen LogP contribution < -0.4 is 4.90 Å². The summed E-state index contributed by atoms with van der Waals surface area (Å²) in [5.41, 5.74) is 1.15. The van der Waals surface area contributed by atoms with E-state index in [0.717, 1.165) is 44.0 Å². The summed E-state index contributed by atoms with van der Waals surface area (Å²) in [6.07, 6.45) is 3.96. The lowest BCUT2D eigenvalue weighted by Gasteiger charge is -2.34. The maximum absolute atomic E-state index is 10.7. The molecule has 0 saturated carbocycles. The van der Waals surface area contributed by atoms with Gasteiger partial charge in [-0.2, -0.15) is 0 Å². The topological polar surface area (TPSA) is 77.1 Å². The second-order valence-electron chi connectivity index (χ2n) is 5.53. The van der Waals surface area contributed by atoms with E-state index in [1.54, 1.807) is 18.5 Å². The Kier molecular flexibility index (Phi) is 4.04. The fraction of sp³-hybridized carbons (Fsp3) is 0.467. The van der Waals surface area contributed by atoms with Gasteiger partial charge >= 0.3 is 0 Å². The fourth-order valence-electron chi connectivity index (χ4n) is 3.03. The van der Waals surface area contributed by atoms with E-state index >= 15 is 0 Å². The van der Waals surface area contributed by atoms with Crippen LogP contribution in [0.25, 0.3) is 0 Å². The van der Waals surface area contributed by atoms with Crippen LogP contribution in [-0.2, 0) is 6.54 Å². The second kappa shape index (κ2) is 6.13. The van der Waals surface area contributed by atoms with Gasteiger partial charge in [-0.1, -0.05) is 0 Å². The molecule has 22 heavy (non-hydrogen) atoms. The normalized spacial score (nSPS) is 18.4. The molecule has 1 atom stereocenters. The standard InChI is InChI=1S/C15H19N5O2/c1-2-18-11-16-17-15(18)12-4-3-9-19(10-12)13-5-7-14(8-6-13)20(21)22/h5-8,11-12H,2-4,9-10H2,1H3. The summed E-state index contributed by atoms with van der Waals surface area (Å²) in [7, 11) is 0. The third kappa shape index (κ3) is 2.79. The maximum Gasteiger partial charge on any atom is 0.269 e. The average molecular weight is 301 g/mol. The molecule has 1 aliphatic rings. The number of hydrogen-bond donors (Lipinski definition) is 0. The molecular weight excluding hydrogens is 282 g/mol. The second-order valence-corrected chi connectivity index (χ2v) is 5.53. The van der Waals surface area contributed by atoms with E-state index in [4.69, 9.17) is 0 Å². The van der Waals surface area contributed by atoms with Crippen molar-refractivity contribution in [2.24, 2.45) is 0 Å². The number of nitrogens with zero attached hydrogens (tertiary/aromatic N) is 5. The molecule has 1 fully saturated rings. The highest BCUT2D eigenvalue weighted by atomic mass is 16.6. The quantitative estimate of drug-likeness (QED) is 0.640. The molecular formula is C15H19N5O2. The van der Waals surface area contributed by atoms with Crippen molar-refractivity contribution >= 4 is 11.4 Å². The molecule has 0 amide bonds. The van der Waals surface area contributed by atoms with E-state index in [9.17, 15) is 10.1 Å². The number of hydrogen-bond acceptors (Lipinski definition) is 5. The zero-order valence-corrected chi connectivity index (χ0v) is 12.6. The number of aryl methyl sites for hydroxylation is 1. The Morgan fingerprint density at radius 2 is 2.14 bits per heavy atom. The van der Waals surface area contributed by atoms with Crippen LogP contribution in [0.15, 0.2) is 30.6 Å². The van der Waals surface area contributed by atoms with Crippen molar-refractivity contribution in [1.29, 1.82) is 0 Å². The van der Waals surface area contributed by atoms with Gasteiger partial charge in [0.25, 0.3) is 5.69 Å². The first kappa shape index (κ1) is 14.5. The zero-order chi connectivity index (χ0) is 15.5. The van der Waals surface area contributed by atoms with E-state index in [0.29, 0.717) is 5.92 Å². The van der Waals surface area contributed by atoms with E-state index in [2.05, 4.69) is 26.6 Å². The van der Waals surface area contributed by atoms with E-state index in [1.165, 1.54) is 0 Å². The number of aromatic nitrogens is 3. The number of nitro groups is 1. The van der Waals surface area contributed by atoms with Crippen molar-refractivity contribution in [3.63, 3.8) is 0 Å². The molecule has 1 aliphatic heterocycles. The Bertz CT molecular complexity index is 652. The van der Waals surface area contributed by atoms with Crippen molar-refractivity contribution in [3.8, 4) is 0 Å². The summed E-state index contributed by atoms with van der Waals surface area (Å²) >= 11 is 0. The van der Waals surface area contributed by atoms with Crippen molar-refractivity contribution in [3.05, 3.63) is 46.5 Å². The third-order valence-corrected chi connectivity index (χ3v) is 4.20. The molecule has 1 aromatic carbocycles. The van der Waals surface area contributed by atoms with Crippen molar-refractivity contribution in [2.75, 3.05) is 18.0 Å². The first-order valence-electron chi connectivity index (χ1n) is 7.56. The highest BCUT2D eigenvalue weighted by Crippen LogP contribution is 2.29. The minimum absolute atomic E-state index is 0.128. The fourth-order valence-corrected chi connectivity index (χ4v) is 3.03. The molecule has 0 radical (unpaired) electrons. The van der Waals surface area contributed by atoms with Crippen LogP contribution in [-0.4, -0.2) is 32.8 Å². The molecule has 0 aliphatic carbocycles. The van der Waals surface area contributed by atoms with Crippen LogP contribution in [0.1, 0.15) is 31.5 Å². The summed E-state index contributed by atoms with van der Waals surface area (Å²) in [5, 5.41) is 19.0. The number of nitro benzene ring substituents is 1. The summed E-state index contributed by atoms with van der Waals surface area (Å²) < 4.78 is 2.09. The van der Waals surface area contributed by atoms with Gasteiger partial charge in [0.2, 0.25) is 0 Å². The minimum Gasteiger partial charge on any atom is -0.371 e. The lowest BCUT2D eigenvalue weighted by atomic mass is 9.96. The molecule has 1 unspecified atom stereocenters. The van der Waals surface area contributed by atoms with Crippen molar-refractivity contribution in [2.45, 2.75) is 32.2 Å². The molecule has 116 valence electrons. The van der Waals surface area contributed by atoms with Gasteiger partial charge in [0.15, 0.2) is 0 Å². The number of benzene rings is 1. The number of anilines is 1. The highest BCUT2D eigenvalue weighted by Gasteiger charge is 2.25. The SMILES string of the molecule is CCn1cnnc1C1CCCN(c2ccc([N+](=O)[O-])cc2)C1. The zero-order valence-electron chi connectivity index (χ0n) is 12.6. The summed E-state index contributed by atoms with van der Waals surface area (Å²) in [6.45, 7) is 4.80. The monoisotopic (exact) mass is 301 g/mol. The maximum atomic E-state index is 10.7. The molecule has 0 N–H and O–H groups in total. The van der Waals surface area contributed by atoms with Crippen LogP contribution in [0.4, 0.5) is 11.4 Å². The summed E-state index contributed by atoms with van der Waals surface area (Å²) in [4.78, 5) is 12.6. The Labute approximate surface area is 128 Å². The number of piperidine rings is 1. The lowest BCUT2D eigenvalue weighted by Crippen LogP contribution is -2.35. The minimum atomic E-state index is -0.369. The van der Waals surface area contributed by atoms with Crippen LogP contribution in [0, 0.1) is 10.1 Å². The first-order valence-corrected chi connectivity index (χ1v) is 7.56. The molecule has 0 bridgehead atoms. The van der Waals surface area contributed by atoms with Gasteiger partial charge in [-0.3, -0.25) is 10.1 Å². The average Bonchev–Trinajstić information content (AvgIpc) is 3.04. The van der Waals surface area contributed by atoms with Gasteiger partial charge in [-0.15, -0.1) is 10.2 Å². The molecule has 7 nitrogen and oxygen atoms in total. The van der Waals surface area contributed by atoms with Crippen molar-refractivity contribution in [1.82, 2.24) is 14.8 Å². The number of rotatable bonds is 4. The molecule has 2 aromatic rings. The Morgan fingerprint density at radius 3 is 2.82 bits per heavy atom. The summed E-state index contributed by atoms with van der Waals surface area (Å²) in [5.74, 6) is 1.39. The van der Waals surface area contributed by atoms with Gasteiger partial charge in [0.05, 0.1) is 4.92 Å². The third-order valence-electron chi connectivity index (χ3n) is 4.20. The predicted octanol–water partition coefficient (Wildman–Crippen LogP) is 2.59. The van der Waals surface area contributed by atoms with Gasteiger partial charge in [-0.05, 0) is 31.9 Å². The Morgan fingerprint density at radius 1 is 1.36 bits per heavy atom. The van der Waals surface area contributed by atoms with Crippen LogP contribution in [0.5, 0.6) is 0 Å². The van der Waals surface area contributed by atoms with Crippen LogP contribution >= 0.6 is 0 Å². The van der Waals surface area contributed by atoms with Gasteiger partial charge in [-0.25, -0.2) is 0 Å². The van der Waals surface area contributed by atoms with Crippen LogP contribution in [0.3, 0.4) is 0 Å². The first-order chi connectivity index (χ1) is 10.7. The van der Waals surface area contributed by atoms with E-state index < -0.39 is 0 Å². The Hall–Kier alpha value is -2.44. The van der Waals surface area contributed by atoms with E-state index in [-0.39, 0.29) is 10.6 Å². The molecule has 2 heterocycles. The van der Waals surface area contributed by atoms with Crippen molar-refractivity contribution < 1.29 is 4.92 Å². The predicted molar refractivity (Wildman–Crippen MR) is 83.0 cm³/mol. The molecule has 7 heteroatoms. The smallest absolute Gasteiger partial charge is 0.269 e. The highest BCUT2D eigenvalue weighted by molar-refractivity contribution is 5.51. The Balaban J connectivity index is 1.76. The molecule has 3 rings (SSSR count). The lowest BCUT2D eigenvalue weighted by molar-refractivity contribution is -0.384. The summed E-state index contributed by atoms with van der Waals surface area (Å²) in [6, 6.07) is 6.77. The van der Waals surface area contributed by atoms with E-state index in [1.807, 2.05) is 12.1 Å². The van der Waals surface area contributed by atoms with Gasteiger partial charge < -0.3 is 9.47 Å². The van der Waals surface area contributed by atoms with Crippen LogP contribution in [0.2, 0.25) is 0 Å². The van der Waals surface area contributed by atoms with Gasteiger partial charge in [0.1, 0.15) is 12.2 Å².